The molecule has 1 N–H and O–H groups in total. The molecule has 1 aliphatic heterocycles. The van der Waals surface area contributed by atoms with Crippen LogP contribution in [0.4, 0.5) is 0 Å². The van der Waals surface area contributed by atoms with Gasteiger partial charge in [-0.25, -0.2) is 0 Å². The molecule has 1 fully saturated rings. The van der Waals surface area contributed by atoms with E-state index >= 15 is 0 Å². The molecule has 0 spiro atoms. The van der Waals surface area contributed by atoms with Crippen molar-refractivity contribution in [3.05, 3.63) is 29.6 Å². The van der Waals surface area contributed by atoms with Gasteiger partial charge in [-0.15, -0.1) is 0 Å². The van der Waals surface area contributed by atoms with E-state index in [-0.39, 0.29) is 23.7 Å². The van der Waals surface area contributed by atoms with E-state index in [0.29, 0.717) is 19.4 Å². The summed E-state index contributed by atoms with van der Waals surface area (Å²) in [6.07, 6.45) is 8.92. The van der Waals surface area contributed by atoms with Crippen molar-refractivity contribution in [2.24, 2.45) is 11.8 Å². The minimum Gasteiger partial charge on any atom is -0.283 e. The lowest BCUT2D eigenvalue weighted by Gasteiger charge is -2.14. The summed E-state index contributed by atoms with van der Waals surface area (Å²) in [5, 5.41) is 6.88. The summed E-state index contributed by atoms with van der Waals surface area (Å²) in [7, 11) is 0. The predicted molar refractivity (Wildman–Crippen MR) is 73.7 cm³/mol. The van der Waals surface area contributed by atoms with Crippen molar-refractivity contribution >= 4 is 11.8 Å². The quantitative estimate of drug-likeness (QED) is 0.669. The Bertz CT molecular complexity index is 535. The van der Waals surface area contributed by atoms with Crippen molar-refractivity contribution < 1.29 is 9.59 Å². The van der Waals surface area contributed by atoms with Crippen LogP contribution in [0.3, 0.4) is 0 Å². The number of hydrogen-bond donors (Lipinski definition) is 1. The largest absolute Gasteiger partial charge is 0.283 e. The average Bonchev–Trinajstić information content (AvgIpc) is 2.97. The number of carbonyl (C=O) groups excluding carboxylic acids is 2. The molecule has 1 aromatic rings. The number of H-pyrrole nitrogens is 1. The molecule has 1 aromatic heterocycles. The van der Waals surface area contributed by atoms with Crippen LogP contribution < -0.4 is 0 Å². The molecule has 0 aromatic carbocycles. The van der Waals surface area contributed by atoms with E-state index in [1.807, 2.05) is 25.3 Å². The molecule has 2 unspecified atom stereocenters. The van der Waals surface area contributed by atoms with Gasteiger partial charge in [0.15, 0.2) is 0 Å². The number of allylic oxidation sites excluding steroid dienone is 2. The van der Waals surface area contributed by atoms with Crippen LogP contribution in [-0.2, 0) is 16.0 Å². The zero-order valence-corrected chi connectivity index (χ0v) is 11.6. The number of nitrogens with zero attached hydrogens (tertiary/aromatic N) is 2. The van der Waals surface area contributed by atoms with E-state index in [1.54, 1.807) is 0 Å². The summed E-state index contributed by atoms with van der Waals surface area (Å²) in [4.78, 5) is 26.0. The number of carbonyl (C=O) groups is 2. The SMILES string of the molecule is Cc1[nH]ncc1CCCN1C(=O)C2CC=CCC2C1=O. The molecular formula is C15H19N3O2. The summed E-state index contributed by atoms with van der Waals surface area (Å²) >= 11 is 0. The van der Waals surface area contributed by atoms with E-state index in [2.05, 4.69) is 10.2 Å². The van der Waals surface area contributed by atoms with Gasteiger partial charge in [0.2, 0.25) is 11.8 Å². The highest BCUT2D eigenvalue weighted by atomic mass is 16.2. The number of nitrogens with one attached hydrogen (secondary N) is 1. The standard InChI is InChI=1S/C15H19N3O2/c1-10-11(9-16-17-10)5-4-8-18-14(19)12-6-2-3-7-13(12)15(18)20/h2-3,9,12-13H,4-8H2,1H3,(H,16,17). The number of fused-ring (bicyclic) bond motifs is 1. The van der Waals surface area contributed by atoms with Gasteiger partial charge in [-0.05, 0) is 38.2 Å². The molecule has 2 atom stereocenters. The fourth-order valence-electron chi connectivity index (χ4n) is 3.14. The zero-order valence-electron chi connectivity index (χ0n) is 11.6. The fraction of sp³-hybridized carbons (Fsp3) is 0.533. The van der Waals surface area contributed by atoms with Crippen molar-refractivity contribution in [3.63, 3.8) is 0 Å². The zero-order chi connectivity index (χ0) is 14.1. The molecule has 0 saturated carbocycles. The maximum atomic E-state index is 12.3. The van der Waals surface area contributed by atoms with Crippen LogP contribution in [0, 0.1) is 18.8 Å². The van der Waals surface area contributed by atoms with Crippen molar-refractivity contribution in [1.82, 2.24) is 15.1 Å². The van der Waals surface area contributed by atoms with E-state index < -0.39 is 0 Å². The van der Waals surface area contributed by atoms with Crippen molar-refractivity contribution in [3.8, 4) is 0 Å². The third-order valence-electron chi connectivity index (χ3n) is 4.36. The Hall–Kier alpha value is -1.91. The molecule has 5 heteroatoms. The Morgan fingerprint density at radius 2 is 1.90 bits per heavy atom. The molecule has 20 heavy (non-hydrogen) atoms. The van der Waals surface area contributed by atoms with Gasteiger partial charge in [0, 0.05) is 12.2 Å². The van der Waals surface area contributed by atoms with Crippen LogP contribution in [0.2, 0.25) is 0 Å². The third-order valence-corrected chi connectivity index (χ3v) is 4.36. The minimum atomic E-state index is -0.108. The van der Waals surface area contributed by atoms with Crippen molar-refractivity contribution in [2.45, 2.75) is 32.6 Å². The molecule has 2 amide bonds. The summed E-state index contributed by atoms with van der Waals surface area (Å²) in [5.74, 6) is -0.173. The molecule has 0 bridgehead atoms. The summed E-state index contributed by atoms with van der Waals surface area (Å²) < 4.78 is 0. The monoisotopic (exact) mass is 273 g/mol. The van der Waals surface area contributed by atoms with Crippen LogP contribution in [0.25, 0.3) is 0 Å². The highest BCUT2D eigenvalue weighted by Crippen LogP contribution is 2.35. The lowest BCUT2D eigenvalue weighted by molar-refractivity contribution is -0.139. The molecule has 1 aliphatic carbocycles. The number of likely N-dealkylation sites (tertiary alicyclic amines) is 1. The van der Waals surface area contributed by atoms with E-state index in [9.17, 15) is 9.59 Å². The van der Waals surface area contributed by atoms with Gasteiger partial charge in [-0.3, -0.25) is 19.6 Å². The molecule has 0 radical (unpaired) electrons. The van der Waals surface area contributed by atoms with Gasteiger partial charge in [0.05, 0.1) is 18.0 Å². The topological polar surface area (TPSA) is 66.1 Å². The number of aromatic nitrogens is 2. The van der Waals surface area contributed by atoms with Gasteiger partial charge in [-0.2, -0.15) is 5.10 Å². The van der Waals surface area contributed by atoms with Gasteiger partial charge >= 0.3 is 0 Å². The Morgan fingerprint density at radius 1 is 1.25 bits per heavy atom. The molecule has 5 nitrogen and oxygen atoms in total. The molecule has 3 rings (SSSR count). The number of rotatable bonds is 4. The fourth-order valence-corrected chi connectivity index (χ4v) is 3.14. The number of aromatic amines is 1. The van der Waals surface area contributed by atoms with Crippen LogP contribution in [-0.4, -0.2) is 33.5 Å². The first-order valence-electron chi connectivity index (χ1n) is 7.17. The van der Waals surface area contributed by atoms with E-state index in [0.717, 1.165) is 24.1 Å². The van der Waals surface area contributed by atoms with Gasteiger partial charge in [0.1, 0.15) is 0 Å². The summed E-state index contributed by atoms with van der Waals surface area (Å²) in [6, 6.07) is 0. The second-order valence-corrected chi connectivity index (χ2v) is 5.61. The Morgan fingerprint density at radius 3 is 2.45 bits per heavy atom. The van der Waals surface area contributed by atoms with Crippen LogP contribution in [0.15, 0.2) is 18.3 Å². The first kappa shape index (κ1) is 13.1. The second-order valence-electron chi connectivity index (χ2n) is 5.61. The van der Waals surface area contributed by atoms with Crippen LogP contribution >= 0.6 is 0 Å². The van der Waals surface area contributed by atoms with Gasteiger partial charge in [-0.1, -0.05) is 12.2 Å². The number of imide groups is 1. The third kappa shape index (κ3) is 2.17. The highest BCUT2D eigenvalue weighted by molar-refractivity contribution is 6.05. The predicted octanol–water partition coefficient (Wildman–Crippen LogP) is 1.60. The van der Waals surface area contributed by atoms with Crippen LogP contribution in [0.1, 0.15) is 30.5 Å². The summed E-state index contributed by atoms with van der Waals surface area (Å²) in [6.45, 7) is 2.50. The van der Waals surface area contributed by atoms with E-state index in [1.165, 1.54) is 4.90 Å². The van der Waals surface area contributed by atoms with Gasteiger partial charge < -0.3 is 0 Å². The second kappa shape index (κ2) is 5.23. The first-order chi connectivity index (χ1) is 9.68. The average molecular weight is 273 g/mol. The number of amides is 2. The lowest BCUT2D eigenvalue weighted by Crippen LogP contribution is -2.32. The highest BCUT2D eigenvalue weighted by Gasteiger charge is 2.46. The summed E-state index contributed by atoms with van der Waals surface area (Å²) in [5.41, 5.74) is 2.21. The van der Waals surface area contributed by atoms with Crippen LogP contribution in [0.5, 0.6) is 0 Å². The number of aryl methyl sites for hydroxylation is 2. The maximum Gasteiger partial charge on any atom is 0.233 e. The Labute approximate surface area is 118 Å². The van der Waals surface area contributed by atoms with E-state index in [4.69, 9.17) is 0 Å². The van der Waals surface area contributed by atoms with Crippen molar-refractivity contribution in [1.29, 1.82) is 0 Å². The normalized spacial score (nSPS) is 25.4. The number of hydrogen-bond acceptors (Lipinski definition) is 3. The smallest absolute Gasteiger partial charge is 0.233 e. The molecule has 2 aliphatic rings. The minimum absolute atomic E-state index is 0.0215. The maximum absolute atomic E-state index is 12.3. The molecule has 106 valence electrons. The molecular weight excluding hydrogens is 254 g/mol. The van der Waals surface area contributed by atoms with Gasteiger partial charge in [0.25, 0.3) is 0 Å². The first-order valence-corrected chi connectivity index (χ1v) is 7.17. The lowest BCUT2D eigenvalue weighted by atomic mass is 9.85. The Balaban J connectivity index is 1.59. The molecule has 1 saturated heterocycles. The molecule has 2 heterocycles. The Kier molecular flexibility index (Phi) is 3.42. The van der Waals surface area contributed by atoms with Crippen molar-refractivity contribution in [2.75, 3.05) is 6.54 Å².